The standard InChI is InChI=1S/C13H22N4/c1-10-7-11(2)17-12(16-10)15-9-13(3)5-4-6-14-8-13/h7,14H,4-6,8-9H2,1-3H3,(H,15,16,17). The van der Waals surface area contributed by atoms with Crippen LogP contribution in [0.2, 0.25) is 0 Å². The molecule has 1 fully saturated rings. The first-order valence-corrected chi connectivity index (χ1v) is 6.34. The number of anilines is 1. The van der Waals surface area contributed by atoms with Crippen LogP contribution in [0.5, 0.6) is 0 Å². The summed E-state index contributed by atoms with van der Waals surface area (Å²) in [6.45, 7) is 9.48. The molecule has 2 rings (SSSR count). The molecular weight excluding hydrogens is 212 g/mol. The van der Waals surface area contributed by atoms with Gasteiger partial charge in [0.05, 0.1) is 0 Å². The topological polar surface area (TPSA) is 49.8 Å². The lowest BCUT2D eigenvalue weighted by Gasteiger charge is -2.34. The Morgan fingerprint density at radius 3 is 2.65 bits per heavy atom. The fourth-order valence-corrected chi connectivity index (χ4v) is 2.37. The highest BCUT2D eigenvalue weighted by molar-refractivity contribution is 5.28. The number of hydrogen-bond donors (Lipinski definition) is 2. The smallest absolute Gasteiger partial charge is 0.223 e. The summed E-state index contributed by atoms with van der Waals surface area (Å²) in [4.78, 5) is 8.81. The molecule has 0 amide bonds. The number of rotatable bonds is 3. The van der Waals surface area contributed by atoms with Gasteiger partial charge in [-0.25, -0.2) is 9.97 Å². The summed E-state index contributed by atoms with van der Waals surface area (Å²) in [6.07, 6.45) is 2.52. The first kappa shape index (κ1) is 12.3. The highest BCUT2D eigenvalue weighted by Gasteiger charge is 2.26. The Bertz CT molecular complexity index is 363. The minimum absolute atomic E-state index is 0.319. The van der Waals surface area contributed by atoms with Crippen molar-refractivity contribution in [1.29, 1.82) is 0 Å². The van der Waals surface area contributed by atoms with Gasteiger partial charge in [-0.05, 0) is 44.7 Å². The van der Waals surface area contributed by atoms with Gasteiger partial charge >= 0.3 is 0 Å². The highest BCUT2D eigenvalue weighted by Crippen LogP contribution is 2.25. The Labute approximate surface area is 103 Å². The van der Waals surface area contributed by atoms with Gasteiger partial charge in [-0.1, -0.05) is 6.92 Å². The number of aromatic nitrogens is 2. The van der Waals surface area contributed by atoms with Crippen LogP contribution in [0, 0.1) is 19.3 Å². The van der Waals surface area contributed by atoms with Gasteiger partial charge in [-0.2, -0.15) is 0 Å². The summed E-state index contributed by atoms with van der Waals surface area (Å²) in [7, 11) is 0. The summed E-state index contributed by atoms with van der Waals surface area (Å²) in [5.41, 5.74) is 2.36. The molecule has 94 valence electrons. The highest BCUT2D eigenvalue weighted by atomic mass is 15.1. The van der Waals surface area contributed by atoms with Crippen molar-refractivity contribution in [2.24, 2.45) is 5.41 Å². The fourth-order valence-electron chi connectivity index (χ4n) is 2.37. The minimum Gasteiger partial charge on any atom is -0.354 e. The van der Waals surface area contributed by atoms with E-state index in [1.807, 2.05) is 19.9 Å². The Balaban J connectivity index is 1.96. The Morgan fingerprint density at radius 2 is 2.06 bits per heavy atom. The van der Waals surface area contributed by atoms with Crippen molar-refractivity contribution >= 4 is 5.95 Å². The fraction of sp³-hybridized carbons (Fsp3) is 0.692. The summed E-state index contributed by atoms with van der Waals surface area (Å²) in [6, 6.07) is 2.00. The Morgan fingerprint density at radius 1 is 1.35 bits per heavy atom. The third kappa shape index (κ3) is 3.40. The van der Waals surface area contributed by atoms with Crippen molar-refractivity contribution in [3.8, 4) is 0 Å². The van der Waals surface area contributed by atoms with Crippen LogP contribution in [0.3, 0.4) is 0 Å². The van der Waals surface area contributed by atoms with Crippen LogP contribution in [-0.4, -0.2) is 29.6 Å². The molecule has 0 radical (unpaired) electrons. The molecule has 4 heteroatoms. The van der Waals surface area contributed by atoms with E-state index in [0.717, 1.165) is 37.0 Å². The van der Waals surface area contributed by atoms with Crippen molar-refractivity contribution in [2.45, 2.75) is 33.6 Å². The second-order valence-electron chi connectivity index (χ2n) is 5.42. The summed E-state index contributed by atoms with van der Waals surface area (Å²) in [5.74, 6) is 0.759. The second kappa shape index (κ2) is 5.00. The van der Waals surface area contributed by atoms with Crippen LogP contribution in [0.4, 0.5) is 5.95 Å². The predicted octanol–water partition coefficient (Wildman–Crippen LogP) is 1.90. The Kier molecular flexibility index (Phi) is 3.62. The molecule has 0 aliphatic carbocycles. The predicted molar refractivity (Wildman–Crippen MR) is 70.2 cm³/mol. The maximum atomic E-state index is 4.41. The molecule has 1 aliphatic rings. The van der Waals surface area contributed by atoms with Gasteiger partial charge in [0, 0.05) is 24.5 Å². The van der Waals surface area contributed by atoms with Gasteiger partial charge < -0.3 is 10.6 Å². The van der Waals surface area contributed by atoms with E-state index in [4.69, 9.17) is 0 Å². The normalized spacial score (nSPS) is 24.6. The Hall–Kier alpha value is -1.16. The summed E-state index contributed by atoms with van der Waals surface area (Å²) < 4.78 is 0. The lowest BCUT2D eigenvalue weighted by Crippen LogP contribution is -2.42. The van der Waals surface area contributed by atoms with Crippen molar-refractivity contribution < 1.29 is 0 Å². The number of piperidine rings is 1. The summed E-state index contributed by atoms with van der Waals surface area (Å²) >= 11 is 0. The maximum Gasteiger partial charge on any atom is 0.223 e. The van der Waals surface area contributed by atoms with Gasteiger partial charge in [0.25, 0.3) is 0 Å². The van der Waals surface area contributed by atoms with Gasteiger partial charge in [0.2, 0.25) is 5.95 Å². The number of nitrogens with zero attached hydrogens (tertiary/aromatic N) is 2. The molecule has 1 atom stereocenters. The van der Waals surface area contributed by atoms with Crippen LogP contribution in [-0.2, 0) is 0 Å². The largest absolute Gasteiger partial charge is 0.354 e. The number of aryl methyl sites for hydroxylation is 2. The molecule has 1 saturated heterocycles. The molecule has 4 nitrogen and oxygen atoms in total. The van der Waals surface area contributed by atoms with Crippen molar-refractivity contribution in [3.63, 3.8) is 0 Å². The van der Waals surface area contributed by atoms with Gasteiger partial charge in [0.1, 0.15) is 0 Å². The molecular formula is C13H22N4. The SMILES string of the molecule is Cc1cc(C)nc(NCC2(C)CCCNC2)n1. The lowest BCUT2D eigenvalue weighted by atomic mass is 9.83. The molecule has 1 aromatic rings. The van der Waals surface area contributed by atoms with E-state index in [2.05, 4.69) is 27.5 Å². The van der Waals surface area contributed by atoms with Crippen LogP contribution in [0.1, 0.15) is 31.2 Å². The van der Waals surface area contributed by atoms with E-state index in [9.17, 15) is 0 Å². The molecule has 1 aromatic heterocycles. The van der Waals surface area contributed by atoms with Crippen molar-refractivity contribution in [1.82, 2.24) is 15.3 Å². The first-order chi connectivity index (χ1) is 8.07. The van der Waals surface area contributed by atoms with Gasteiger partial charge in [0.15, 0.2) is 0 Å². The molecule has 2 heterocycles. The third-order valence-corrected chi connectivity index (χ3v) is 3.34. The van der Waals surface area contributed by atoms with E-state index in [1.54, 1.807) is 0 Å². The van der Waals surface area contributed by atoms with Crippen LogP contribution in [0.25, 0.3) is 0 Å². The van der Waals surface area contributed by atoms with E-state index in [1.165, 1.54) is 12.8 Å². The third-order valence-electron chi connectivity index (χ3n) is 3.34. The van der Waals surface area contributed by atoms with E-state index in [-0.39, 0.29) is 0 Å². The zero-order valence-corrected chi connectivity index (χ0v) is 11.0. The van der Waals surface area contributed by atoms with E-state index in [0.29, 0.717) is 5.41 Å². The lowest BCUT2D eigenvalue weighted by molar-refractivity contribution is 0.253. The zero-order chi connectivity index (χ0) is 12.3. The summed E-state index contributed by atoms with van der Waals surface area (Å²) in [5, 5.41) is 6.83. The van der Waals surface area contributed by atoms with Gasteiger partial charge in [-0.15, -0.1) is 0 Å². The quantitative estimate of drug-likeness (QED) is 0.838. The van der Waals surface area contributed by atoms with Crippen molar-refractivity contribution in [2.75, 3.05) is 25.0 Å². The van der Waals surface area contributed by atoms with Crippen LogP contribution in [0.15, 0.2) is 6.07 Å². The average Bonchev–Trinajstić information content (AvgIpc) is 2.26. The monoisotopic (exact) mass is 234 g/mol. The van der Waals surface area contributed by atoms with Gasteiger partial charge in [-0.3, -0.25) is 0 Å². The molecule has 2 N–H and O–H groups in total. The van der Waals surface area contributed by atoms with Crippen LogP contribution >= 0.6 is 0 Å². The van der Waals surface area contributed by atoms with Crippen molar-refractivity contribution in [3.05, 3.63) is 17.5 Å². The number of hydrogen-bond acceptors (Lipinski definition) is 4. The minimum atomic E-state index is 0.319. The average molecular weight is 234 g/mol. The molecule has 0 saturated carbocycles. The molecule has 1 aliphatic heterocycles. The van der Waals surface area contributed by atoms with E-state index < -0.39 is 0 Å². The maximum absolute atomic E-state index is 4.41. The molecule has 0 bridgehead atoms. The molecule has 0 spiro atoms. The number of nitrogens with one attached hydrogen (secondary N) is 2. The van der Waals surface area contributed by atoms with Crippen LogP contribution < -0.4 is 10.6 Å². The molecule has 0 aromatic carbocycles. The molecule has 17 heavy (non-hydrogen) atoms. The second-order valence-corrected chi connectivity index (χ2v) is 5.42. The molecule has 1 unspecified atom stereocenters. The van der Waals surface area contributed by atoms with E-state index >= 15 is 0 Å². The first-order valence-electron chi connectivity index (χ1n) is 6.34. The zero-order valence-electron chi connectivity index (χ0n) is 11.0.